The summed E-state index contributed by atoms with van der Waals surface area (Å²) in [5, 5.41) is -0.572. The predicted octanol–water partition coefficient (Wildman–Crippen LogP) is 8.56. The van der Waals surface area contributed by atoms with Gasteiger partial charge >= 0.3 is 6.18 Å². The molecule has 6 nitrogen and oxygen atoms in total. The number of hydrogen-bond acceptors (Lipinski definition) is 5. The largest absolute Gasteiger partial charge is 0.497 e. The summed E-state index contributed by atoms with van der Waals surface area (Å²) in [7, 11) is 3.08. The highest BCUT2D eigenvalue weighted by atomic mass is 35.5. The molecule has 4 atom stereocenters. The summed E-state index contributed by atoms with van der Waals surface area (Å²) < 4.78 is 53.3. The van der Waals surface area contributed by atoms with Crippen molar-refractivity contribution in [2.75, 3.05) is 19.1 Å². The molecule has 2 fully saturated rings. The Morgan fingerprint density at radius 3 is 1.42 bits per heavy atom. The van der Waals surface area contributed by atoms with E-state index in [1.54, 1.807) is 84.9 Å². The molecule has 0 radical (unpaired) electrons. The Balaban J connectivity index is 1.51. The van der Waals surface area contributed by atoms with Crippen molar-refractivity contribution in [1.82, 2.24) is 0 Å². The van der Waals surface area contributed by atoms with E-state index in [2.05, 4.69) is 0 Å². The normalized spacial score (nSPS) is 23.7. The number of imide groups is 1. The van der Waals surface area contributed by atoms with Gasteiger partial charge < -0.3 is 9.47 Å². The lowest BCUT2D eigenvalue weighted by Gasteiger charge is -2.39. The average molecular weight is 720 g/mol. The van der Waals surface area contributed by atoms with E-state index in [-0.39, 0.29) is 11.5 Å². The SMILES string of the molecule is COc1ccc(C2=C(c3ccc(OC)cc3)[C@@]3(c4ccccc4)C(=O)[C@@]2(c2ccccc2)[C@@H]2C(=O)N(c4ccc(Cl)c(C(F)(F)F)c4)C(=O)[C@@H]23)cc1. The van der Waals surface area contributed by atoms with Crippen LogP contribution in [0.4, 0.5) is 18.9 Å². The maximum absolute atomic E-state index is 16.0. The molecular formula is C42H29ClF3NO5. The van der Waals surface area contributed by atoms with E-state index in [0.717, 1.165) is 17.0 Å². The number of anilines is 1. The first kappa shape index (κ1) is 33.5. The molecule has 8 rings (SSSR count). The molecule has 5 aromatic carbocycles. The minimum absolute atomic E-state index is 0.281. The van der Waals surface area contributed by atoms with Crippen LogP contribution in [-0.4, -0.2) is 31.8 Å². The average Bonchev–Trinajstić information content (AvgIpc) is 3.67. The number of ether oxygens (including phenoxy) is 2. The molecule has 0 unspecified atom stereocenters. The maximum Gasteiger partial charge on any atom is 0.417 e. The zero-order valence-corrected chi connectivity index (χ0v) is 28.5. The van der Waals surface area contributed by atoms with Crippen molar-refractivity contribution in [1.29, 1.82) is 0 Å². The minimum Gasteiger partial charge on any atom is -0.497 e. The fraction of sp³-hybridized carbons (Fsp3) is 0.167. The van der Waals surface area contributed by atoms with E-state index in [4.69, 9.17) is 21.1 Å². The number of hydrogen-bond donors (Lipinski definition) is 0. The number of Topliss-reactive ketones (excluding diaryl/α,β-unsaturated/α-hetero) is 1. The van der Waals surface area contributed by atoms with Crippen molar-refractivity contribution < 1.29 is 37.0 Å². The van der Waals surface area contributed by atoms with E-state index in [9.17, 15) is 13.2 Å². The van der Waals surface area contributed by atoms with Gasteiger partial charge in [-0.25, -0.2) is 4.90 Å². The summed E-state index contributed by atoms with van der Waals surface area (Å²) in [6.45, 7) is 0. The number of halogens is 4. The van der Waals surface area contributed by atoms with Crippen molar-refractivity contribution in [3.05, 3.63) is 160 Å². The van der Waals surface area contributed by atoms with Crippen LogP contribution in [0, 0.1) is 11.8 Å². The van der Waals surface area contributed by atoms with Gasteiger partial charge in [0.25, 0.3) is 0 Å². The van der Waals surface area contributed by atoms with Crippen LogP contribution in [0.1, 0.15) is 27.8 Å². The fourth-order valence-electron chi connectivity index (χ4n) is 8.76. The molecule has 0 N–H and O–H groups in total. The third kappa shape index (κ3) is 4.41. The van der Waals surface area contributed by atoms with Crippen molar-refractivity contribution in [3.8, 4) is 11.5 Å². The summed E-state index contributed by atoms with van der Waals surface area (Å²) in [6.07, 6.45) is -4.86. The highest BCUT2D eigenvalue weighted by molar-refractivity contribution is 6.39. The van der Waals surface area contributed by atoms with Gasteiger partial charge in [0.2, 0.25) is 11.8 Å². The zero-order valence-electron chi connectivity index (χ0n) is 27.8. The highest BCUT2D eigenvalue weighted by Crippen LogP contribution is 2.74. The Morgan fingerprint density at radius 2 is 1.04 bits per heavy atom. The van der Waals surface area contributed by atoms with Crippen LogP contribution in [0.2, 0.25) is 5.02 Å². The number of carbonyl (C=O) groups is 3. The molecule has 2 bridgehead atoms. The Hall–Kier alpha value is -5.67. The maximum atomic E-state index is 16.0. The van der Waals surface area contributed by atoms with Gasteiger partial charge in [0.1, 0.15) is 11.5 Å². The molecule has 3 aliphatic rings. The summed E-state index contributed by atoms with van der Waals surface area (Å²) in [6, 6.07) is 35.0. The molecule has 0 aromatic heterocycles. The second-order valence-corrected chi connectivity index (χ2v) is 13.4. The van der Waals surface area contributed by atoms with Crippen LogP contribution < -0.4 is 14.4 Å². The van der Waals surface area contributed by atoms with E-state index in [1.165, 1.54) is 20.3 Å². The lowest BCUT2D eigenvalue weighted by atomic mass is 9.59. The molecule has 1 aliphatic heterocycles. The Labute approximate surface area is 302 Å². The van der Waals surface area contributed by atoms with Gasteiger partial charge in [-0.15, -0.1) is 0 Å². The number of amides is 2. The number of ketones is 1. The molecule has 1 saturated heterocycles. The van der Waals surface area contributed by atoms with Crippen LogP contribution in [-0.2, 0) is 31.4 Å². The third-order valence-corrected chi connectivity index (χ3v) is 11.1. The van der Waals surface area contributed by atoms with Crippen molar-refractivity contribution in [2.24, 2.45) is 11.8 Å². The molecule has 2 amide bonds. The Morgan fingerprint density at radius 1 is 0.615 bits per heavy atom. The van der Waals surface area contributed by atoms with Crippen molar-refractivity contribution in [3.63, 3.8) is 0 Å². The van der Waals surface area contributed by atoms with E-state index < -0.39 is 51.2 Å². The van der Waals surface area contributed by atoms with Gasteiger partial charge in [0.05, 0.1) is 53.2 Å². The lowest BCUT2D eigenvalue weighted by Crippen LogP contribution is -2.45. The predicted molar refractivity (Wildman–Crippen MR) is 190 cm³/mol. The standard InChI is InChI=1S/C42H29ClF3NO5/c1-51-29-18-13-24(14-19-29)33-34(25-15-20-30(52-2)21-16-25)41(27-11-7-4-8-12-27)36-35(40(33,39(41)50)26-9-5-3-6-10-26)37(48)47(38(36)49)28-17-22-32(43)31(23-28)42(44,45)46/h3-23,35-36H,1-2H3/t35-,36+,40-,41-/m1/s1. The smallest absolute Gasteiger partial charge is 0.417 e. The second-order valence-electron chi connectivity index (χ2n) is 13.0. The summed E-state index contributed by atoms with van der Waals surface area (Å²) in [5.41, 5.74) is -1.71. The van der Waals surface area contributed by atoms with E-state index in [1.807, 2.05) is 24.3 Å². The van der Waals surface area contributed by atoms with Crippen molar-refractivity contribution >= 4 is 46.0 Å². The number of benzene rings is 5. The molecular weight excluding hydrogens is 691 g/mol. The first-order valence-electron chi connectivity index (χ1n) is 16.5. The quantitative estimate of drug-likeness (QED) is 0.158. The van der Waals surface area contributed by atoms with Crippen LogP contribution in [0.3, 0.4) is 0 Å². The number of fused-ring (bicyclic) bond motifs is 5. The van der Waals surface area contributed by atoms with E-state index in [0.29, 0.717) is 44.9 Å². The molecule has 10 heteroatoms. The number of methoxy groups -OCH3 is 2. The monoisotopic (exact) mass is 719 g/mol. The van der Waals surface area contributed by atoms with Crippen LogP contribution >= 0.6 is 11.6 Å². The van der Waals surface area contributed by atoms with Crippen LogP contribution in [0.5, 0.6) is 11.5 Å². The van der Waals surface area contributed by atoms with Gasteiger partial charge in [0.15, 0.2) is 5.78 Å². The summed E-state index contributed by atoms with van der Waals surface area (Å²) >= 11 is 5.98. The molecule has 260 valence electrons. The van der Waals surface area contributed by atoms with Gasteiger partial charge in [-0.1, -0.05) is 96.5 Å². The minimum atomic E-state index is -4.86. The second kappa shape index (κ2) is 12.0. The molecule has 5 aromatic rings. The lowest BCUT2D eigenvalue weighted by molar-refractivity contribution is -0.137. The van der Waals surface area contributed by atoms with Gasteiger partial charge in [-0.3, -0.25) is 14.4 Å². The number of allylic oxidation sites excluding steroid dienone is 2. The fourth-order valence-corrected chi connectivity index (χ4v) is 8.99. The van der Waals surface area contributed by atoms with Crippen LogP contribution in [0.15, 0.2) is 127 Å². The summed E-state index contributed by atoms with van der Waals surface area (Å²) in [5.74, 6) is -3.43. The first-order chi connectivity index (χ1) is 25.0. The van der Waals surface area contributed by atoms with Crippen molar-refractivity contribution in [2.45, 2.75) is 17.0 Å². The molecule has 0 spiro atoms. The highest BCUT2D eigenvalue weighted by Gasteiger charge is 2.82. The molecule has 52 heavy (non-hydrogen) atoms. The van der Waals surface area contributed by atoms with E-state index >= 15 is 14.4 Å². The van der Waals surface area contributed by atoms with Gasteiger partial charge in [-0.05, 0) is 75.9 Å². The Bertz CT molecular complexity index is 2160. The number of rotatable bonds is 7. The number of carbonyl (C=O) groups excluding carboxylic acids is 3. The number of nitrogens with zero attached hydrogens (tertiary/aromatic N) is 1. The Kier molecular flexibility index (Phi) is 7.69. The zero-order chi connectivity index (χ0) is 36.6. The molecule has 1 heterocycles. The number of alkyl halides is 3. The topological polar surface area (TPSA) is 72.9 Å². The van der Waals surface area contributed by atoms with Gasteiger partial charge in [-0.2, -0.15) is 13.2 Å². The summed E-state index contributed by atoms with van der Waals surface area (Å²) in [4.78, 5) is 47.1. The molecule has 1 saturated carbocycles. The molecule has 2 aliphatic carbocycles. The third-order valence-electron chi connectivity index (χ3n) is 10.7. The van der Waals surface area contributed by atoms with Crippen LogP contribution in [0.25, 0.3) is 11.1 Å². The first-order valence-corrected chi connectivity index (χ1v) is 16.8. The van der Waals surface area contributed by atoms with Gasteiger partial charge in [0, 0.05) is 0 Å².